The van der Waals surface area contributed by atoms with Crippen molar-refractivity contribution in [2.75, 3.05) is 0 Å². The minimum absolute atomic E-state index is 0.170. The molecule has 1 aliphatic rings. The molecule has 0 radical (unpaired) electrons. The van der Waals surface area contributed by atoms with Gasteiger partial charge in [0.05, 0.1) is 11.6 Å². The molecule has 3 heteroatoms. The molecule has 2 rings (SSSR count). The lowest BCUT2D eigenvalue weighted by molar-refractivity contribution is 0.0581. The highest BCUT2D eigenvalue weighted by Gasteiger charge is 2.30. The molecule has 0 saturated heterocycles. The van der Waals surface area contributed by atoms with E-state index in [0.717, 1.165) is 6.42 Å². The van der Waals surface area contributed by atoms with Crippen LogP contribution in [0, 0.1) is 11.3 Å². The Morgan fingerprint density at radius 1 is 1.50 bits per heavy atom. The first kappa shape index (κ1) is 12.1. The number of nitrogens with zero attached hydrogens (tertiary/aromatic N) is 1. The normalized spacial score (nSPS) is 23.2. The van der Waals surface area contributed by atoms with Gasteiger partial charge in [0.25, 0.3) is 0 Å². The van der Waals surface area contributed by atoms with Crippen molar-refractivity contribution in [3.8, 4) is 0 Å². The maximum atomic E-state index is 10.2. The van der Waals surface area contributed by atoms with Crippen molar-refractivity contribution < 1.29 is 5.11 Å². The van der Waals surface area contributed by atoms with Crippen LogP contribution in [0.15, 0.2) is 11.7 Å². The summed E-state index contributed by atoms with van der Waals surface area (Å²) in [7, 11) is 0. The van der Waals surface area contributed by atoms with Crippen LogP contribution in [-0.4, -0.2) is 16.2 Å². The molecule has 16 heavy (non-hydrogen) atoms. The molecule has 0 bridgehead atoms. The fraction of sp³-hybridized carbons (Fsp3) is 0.769. The van der Waals surface area contributed by atoms with E-state index in [-0.39, 0.29) is 6.10 Å². The Hall–Kier alpha value is -0.410. The Morgan fingerprint density at radius 2 is 2.19 bits per heavy atom. The molecule has 1 aromatic rings. The number of aromatic nitrogens is 1. The fourth-order valence-corrected chi connectivity index (χ4v) is 3.17. The lowest BCUT2D eigenvalue weighted by atomic mass is 9.71. The molecule has 1 fully saturated rings. The van der Waals surface area contributed by atoms with Crippen molar-refractivity contribution in [2.24, 2.45) is 11.3 Å². The molecule has 1 aliphatic carbocycles. The summed E-state index contributed by atoms with van der Waals surface area (Å²) in [5.41, 5.74) is 2.33. The Kier molecular flexibility index (Phi) is 3.65. The van der Waals surface area contributed by atoms with Gasteiger partial charge in [0, 0.05) is 17.5 Å². The molecule has 0 amide bonds. The quantitative estimate of drug-likeness (QED) is 0.878. The van der Waals surface area contributed by atoms with Crippen molar-refractivity contribution in [1.82, 2.24) is 4.98 Å². The molecule has 1 unspecified atom stereocenters. The van der Waals surface area contributed by atoms with Crippen molar-refractivity contribution in [1.29, 1.82) is 0 Å². The van der Waals surface area contributed by atoms with Crippen LogP contribution in [0.5, 0.6) is 0 Å². The number of rotatable bonds is 3. The van der Waals surface area contributed by atoms with Crippen LogP contribution in [-0.2, 0) is 6.42 Å². The van der Waals surface area contributed by atoms with Gasteiger partial charge in [-0.1, -0.05) is 13.8 Å². The number of hydrogen-bond donors (Lipinski definition) is 1. The number of hydrogen-bond acceptors (Lipinski definition) is 3. The first-order chi connectivity index (χ1) is 7.57. The van der Waals surface area contributed by atoms with E-state index in [4.69, 9.17) is 0 Å². The molecular formula is C13H21NOS. The molecular weight excluding hydrogens is 218 g/mol. The standard InChI is InChI=1S/C13H21NOS/c1-13(2)5-3-10(4-6-13)12(15)7-11-8-14-9-16-11/h8-10,12,15H,3-7H2,1-2H3. The Labute approximate surface area is 102 Å². The molecule has 0 aliphatic heterocycles. The molecule has 0 aromatic carbocycles. The van der Waals surface area contributed by atoms with E-state index < -0.39 is 0 Å². The first-order valence-corrected chi connectivity index (χ1v) is 7.00. The van der Waals surface area contributed by atoms with Crippen LogP contribution in [0.25, 0.3) is 0 Å². The summed E-state index contributed by atoms with van der Waals surface area (Å²) in [6, 6.07) is 0. The SMILES string of the molecule is CC1(C)CCC(C(O)Cc2cncs2)CC1. The molecule has 1 heterocycles. The summed E-state index contributed by atoms with van der Waals surface area (Å²) >= 11 is 1.64. The van der Waals surface area contributed by atoms with Crippen LogP contribution >= 0.6 is 11.3 Å². The van der Waals surface area contributed by atoms with Crippen LogP contribution in [0.3, 0.4) is 0 Å². The lowest BCUT2D eigenvalue weighted by Crippen LogP contribution is -2.30. The molecule has 1 aromatic heterocycles. The highest BCUT2D eigenvalue weighted by molar-refractivity contribution is 7.09. The zero-order valence-electron chi connectivity index (χ0n) is 10.1. The van der Waals surface area contributed by atoms with Gasteiger partial charge in [0.2, 0.25) is 0 Å². The number of aliphatic hydroxyl groups is 1. The van der Waals surface area contributed by atoms with E-state index in [9.17, 15) is 5.11 Å². The maximum absolute atomic E-state index is 10.2. The average molecular weight is 239 g/mol. The summed E-state index contributed by atoms with van der Waals surface area (Å²) in [4.78, 5) is 5.26. The summed E-state index contributed by atoms with van der Waals surface area (Å²) in [5.74, 6) is 0.495. The molecule has 1 saturated carbocycles. The number of thiazole rings is 1. The minimum Gasteiger partial charge on any atom is -0.392 e. The molecule has 1 N–H and O–H groups in total. The zero-order chi connectivity index (χ0) is 11.6. The van der Waals surface area contributed by atoms with Crippen molar-refractivity contribution in [3.63, 3.8) is 0 Å². The smallest absolute Gasteiger partial charge is 0.0794 e. The lowest BCUT2D eigenvalue weighted by Gasteiger charge is -2.36. The van der Waals surface area contributed by atoms with E-state index in [0.29, 0.717) is 11.3 Å². The van der Waals surface area contributed by atoms with Crippen molar-refractivity contribution >= 4 is 11.3 Å². The van der Waals surface area contributed by atoms with Gasteiger partial charge in [-0.05, 0) is 37.0 Å². The highest BCUT2D eigenvalue weighted by atomic mass is 32.1. The van der Waals surface area contributed by atoms with E-state index in [1.54, 1.807) is 11.3 Å². The molecule has 2 nitrogen and oxygen atoms in total. The van der Waals surface area contributed by atoms with Gasteiger partial charge in [-0.2, -0.15) is 0 Å². The Morgan fingerprint density at radius 3 is 2.75 bits per heavy atom. The van der Waals surface area contributed by atoms with Gasteiger partial charge in [0.1, 0.15) is 0 Å². The second kappa shape index (κ2) is 4.84. The summed E-state index contributed by atoms with van der Waals surface area (Å²) in [5, 5.41) is 10.2. The Bertz CT molecular complexity index is 311. The molecule has 90 valence electrons. The van der Waals surface area contributed by atoms with E-state index >= 15 is 0 Å². The van der Waals surface area contributed by atoms with Gasteiger partial charge in [0.15, 0.2) is 0 Å². The minimum atomic E-state index is -0.170. The van der Waals surface area contributed by atoms with Crippen molar-refractivity contribution in [2.45, 2.75) is 52.1 Å². The van der Waals surface area contributed by atoms with E-state index in [2.05, 4.69) is 18.8 Å². The number of aliphatic hydroxyl groups excluding tert-OH is 1. The van der Waals surface area contributed by atoms with Crippen LogP contribution in [0.2, 0.25) is 0 Å². The average Bonchev–Trinajstić information content (AvgIpc) is 2.70. The highest BCUT2D eigenvalue weighted by Crippen LogP contribution is 2.39. The fourth-order valence-electron chi connectivity index (χ4n) is 2.52. The Balaban J connectivity index is 1.85. The van der Waals surface area contributed by atoms with Gasteiger partial charge >= 0.3 is 0 Å². The first-order valence-electron chi connectivity index (χ1n) is 6.12. The van der Waals surface area contributed by atoms with Crippen LogP contribution in [0.1, 0.15) is 44.4 Å². The van der Waals surface area contributed by atoms with E-state index in [1.807, 2.05) is 11.7 Å². The van der Waals surface area contributed by atoms with Gasteiger partial charge < -0.3 is 5.11 Å². The van der Waals surface area contributed by atoms with Gasteiger partial charge in [-0.25, -0.2) is 0 Å². The maximum Gasteiger partial charge on any atom is 0.0794 e. The summed E-state index contributed by atoms with van der Waals surface area (Å²) < 4.78 is 0. The predicted molar refractivity (Wildman–Crippen MR) is 67.6 cm³/mol. The third kappa shape index (κ3) is 3.05. The summed E-state index contributed by atoms with van der Waals surface area (Å²) in [6.45, 7) is 4.66. The van der Waals surface area contributed by atoms with Crippen LogP contribution in [0.4, 0.5) is 0 Å². The zero-order valence-corrected chi connectivity index (χ0v) is 11.0. The van der Waals surface area contributed by atoms with Crippen molar-refractivity contribution in [3.05, 3.63) is 16.6 Å². The monoisotopic (exact) mass is 239 g/mol. The summed E-state index contributed by atoms with van der Waals surface area (Å²) in [6.07, 6.45) is 7.34. The van der Waals surface area contributed by atoms with E-state index in [1.165, 1.54) is 30.6 Å². The van der Waals surface area contributed by atoms with Gasteiger partial charge in [-0.3, -0.25) is 4.98 Å². The molecule has 1 atom stereocenters. The topological polar surface area (TPSA) is 33.1 Å². The third-order valence-electron chi connectivity index (χ3n) is 3.82. The van der Waals surface area contributed by atoms with Gasteiger partial charge in [-0.15, -0.1) is 11.3 Å². The largest absolute Gasteiger partial charge is 0.392 e. The second-order valence-electron chi connectivity index (χ2n) is 5.74. The van der Waals surface area contributed by atoms with Crippen LogP contribution < -0.4 is 0 Å². The molecule has 0 spiro atoms. The second-order valence-corrected chi connectivity index (χ2v) is 6.71. The third-order valence-corrected chi connectivity index (χ3v) is 4.62. The predicted octanol–water partition coefficient (Wildman–Crippen LogP) is 3.26.